The molecule has 1 rings (SSSR count). The Hall–Kier alpha value is -2.28. The summed E-state index contributed by atoms with van der Waals surface area (Å²) < 4.78 is 147. The Kier molecular flexibility index (Phi) is 5.65. The van der Waals surface area contributed by atoms with Gasteiger partial charge in [-0.2, -0.15) is 35.1 Å². The second kappa shape index (κ2) is 6.65. The van der Waals surface area contributed by atoms with Crippen LogP contribution < -0.4 is 0 Å². The van der Waals surface area contributed by atoms with Gasteiger partial charge in [0.15, 0.2) is 0 Å². The van der Waals surface area contributed by atoms with Crippen molar-refractivity contribution >= 4 is 11.9 Å². The number of hydrogen-bond donors (Lipinski definition) is 0. The van der Waals surface area contributed by atoms with Crippen LogP contribution in [0, 0.1) is 0 Å². The zero-order valence-corrected chi connectivity index (χ0v) is 13.4. The number of ether oxygens (including phenoxy) is 2. The number of halogens is 10. The lowest BCUT2D eigenvalue weighted by Gasteiger charge is -2.54. The molecule has 0 saturated heterocycles. The van der Waals surface area contributed by atoms with Crippen molar-refractivity contribution in [3.05, 3.63) is 25.3 Å². The van der Waals surface area contributed by atoms with E-state index in [0.717, 1.165) is 0 Å². The lowest BCUT2D eigenvalue weighted by Crippen LogP contribution is -2.86. The number of rotatable bonds is 6. The number of carbonyl (C=O) groups is 2. The van der Waals surface area contributed by atoms with E-state index in [4.69, 9.17) is 0 Å². The molecule has 0 spiro atoms. The minimum Gasteiger partial charge on any atom is -0.459 e. The quantitative estimate of drug-likeness (QED) is 0.367. The highest BCUT2D eigenvalue weighted by atomic mass is 19.4. The topological polar surface area (TPSA) is 52.6 Å². The van der Waals surface area contributed by atoms with Crippen molar-refractivity contribution in [1.82, 2.24) is 0 Å². The molecule has 1 fully saturated rings. The Morgan fingerprint density at radius 1 is 0.607 bits per heavy atom. The molecule has 14 heteroatoms. The van der Waals surface area contributed by atoms with Gasteiger partial charge in [-0.3, -0.25) is 0 Å². The van der Waals surface area contributed by atoms with Crippen LogP contribution in [0.2, 0.25) is 0 Å². The molecule has 2 unspecified atom stereocenters. The van der Waals surface area contributed by atoms with Crippen LogP contribution in [0.4, 0.5) is 43.9 Å². The van der Waals surface area contributed by atoms with Crippen molar-refractivity contribution in [2.45, 2.75) is 35.0 Å². The highest BCUT2D eigenvalue weighted by Gasteiger charge is 3.00. The van der Waals surface area contributed by atoms with E-state index in [2.05, 4.69) is 22.6 Å². The Morgan fingerprint density at radius 2 is 0.893 bits per heavy atom. The summed E-state index contributed by atoms with van der Waals surface area (Å²) in [6, 6.07) is 0. The van der Waals surface area contributed by atoms with E-state index in [1.54, 1.807) is 0 Å². The van der Waals surface area contributed by atoms with Crippen molar-refractivity contribution in [3.8, 4) is 0 Å². The van der Waals surface area contributed by atoms with Crippen molar-refractivity contribution in [2.75, 3.05) is 13.2 Å². The highest BCUT2D eigenvalue weighted by molar-refractivity contribution is 5.81. The van der Waals surface area contributed by atoms with E-state index < -0.39 is 60.2 Å². The molecule has 0 heterocycles. The second-order valence-corrected chi connectivity index (χ2v) is 5.52. The van der Waals surface area contributed by atoms with E-state index in [1.165, 1.54) is 0 Å². The second-order valence-electron chi connectivity index (χ2n) is 5.52. The van der Waals surface area contributed by atoms with Crippen molar-refractivity contribution in [1.29, 1.82) is 0 Å². The normalized spacial score (nSPS) is 32.1. The van der Waals surface area contributed by atoms with Crippen LogP contribution >= 0.6 is 0 Å². The van der Waals surface area contributed by atoms with Crippen molar-refractivity contribution < 1.29 is 63.0 Å². The predicted molar refractivity (Wildman–Crippen MR) is 69.8 cm³/mol. The van der Waals surface area contributed by atoms with Crippen molar-refractivity contribution in [3.63, 3.8) is 0 Å². The maximum atomic E-state index is 14.5. The molecule has 160 valence electrons. The SMILES string of the molecule is C=CC(=O)OCC1(F)C(F)(F)C(F)(F)C(F)(F)C(F)(COC(=O)C=C)C1(F)F. The smallest absolute Gasteiger partial charge is 0.379 e. The summed E-state index contributed by atoms with van der Waals surface area (Å²) in [4.78, 5) is 21.6. The van der Waals surface area contributed by atoms with Gasteiger partial charge in [-0.15, -0.1) is 0 Å². The Morgan fingerprint density at radius 3 is 1.14 bits per heavy atom. The molecule has 0 aromatic heterocycles. The third kappa shape index (κ3) is 2.67. The summed E-state index contributed by atoms with van der Waals surface area (Å²) in [5.41, 5.74) is -12.3. The summed E-state index contributed by atoms with van der Waals surface area (Å²) in [7, 11) is 0. The van der Waals surface area contributed by atoms with Gasteiger partial charge in [-0.1, -0.05) is 13.2 Å². The number of hydrogen-bond acceptors (Lipinski definition) is 4. The standard InChI is InChI=1S/C14H10F10O4/c1-3-7(25)27-5-9(15)11(17,18)10(16,6-28-8(26)4-2)13(21,22)14(23,24)12(9,19)20/h3-4H,1-2,5-6H2. The Labute approximate surface area is 149 Å². The van der Waals surface area contributed by atoms with Gasteiger partial charge in [0, 0.05) is 12.2 Å². The van der Waals surface area contributed by atoms with Gasteiger partial charge in [0.1, 0.15) is 13.2 Å². The van der Waals surface area contributed by atoms with Crippen LogP contribution in [0.3, 0.4) is 0 Å². The molecule has 28 heavy (non-hydrogen) atoms. The minimum atomic E-state index is -7.06. The monoisotopic (exact) mass is 432 g/mol. The average molecular weight is 432 g/mol. The van der Waals surface area contributed by atoms with E-state index >= 15 is 0 Å². The van der Waals surface area contributed by atoms with Crippen molar-refractivity contribution in [2.24, 2.45) is 0 Å². The summed E-state index contributed by atoms with van der Waals surface area (Å²) in [6.07, 6.45) is 0.230. The van der Waals surface area contributed by atoms with Crippen LogP contribution in [-0.2, 0) is 19.1 Å². The molecular formula is C14H10F10O4. The van der Waals surface area contributed by atoms with Crippen LogP contribution in [0.25, 0.3) is 0 Å². The maximum Gasteiger partial charge on any atom is 0.379 e. The fourth-order valence-corrected chi connectivity index (χ4v) is 2.22. The maximum absolute atomic E-state index is 14.5. The molecule has 0 radical (unpaired) electrons. The molecule has 0 aromatic carbocycles. The van der Waals surface area contributed by atoms with Crippen LogP contribution in [0.5, 0.6) is 0 Å². The Bertz CT molecular complexity index is 638. The molecule has 1 aliphatic carbocycles. The largest absolute Gasteiger partial charge is 0.459 e. The van der Waals surface area contributed by atoms with E-state index in [-0.39, 0.29) is 12.2 Å². The highest BCUT2D eigenvalue weighted by Crippen LogP contribution is 2.68. The number of carbonyl (C=O) groups excluding carboxylic acids is 2. The molecule has 0 aliphatic heterocycles. The number of alkyl halides is 10. The van der Waals surface area contributed by atoms with Gasteiger partial charge < -0.3 is 9.47 Å². The van der Waals surface area contributed by atoms with Crippen LogP contribution in [0.1, 0.15) is 0 Å². The lowest BCUT2D eigenvalue weighted by atomic mass is 9.67. The zero-order valence-electron chi connectivity index (χ0n) is 13.4. The average Bonchev–Trinajstić information content (AvgIpc) is 2.61. The van der Waals surface area contributed by atoms with Gasteiger partial charge >= 0.3 is 35.6 Å². The molecule has 0 bridgehead atoms. The third-order valence-electron chi connectivity index (χ3n) is 3.94. The van der Waals surface area contributed by atoms with Gasteiger partial charge in [-0.25, -0.2) is 18.4 Å². The first kappa shape index (κ1) is 23.8. The van der Waals surface area contributed by atoms with E-state index in [9.17, 15) is 53.5 Å². The van der Waals surface area contributed by atoms with E-state index in [1.807, 2.05) is 0 Å². The summed E-state index contributed by atoms with van der Waals surface area (Å²) in [5.74, 6) is -31.4. The molecule has 1 saturated carbocycles. The minimum absolute atomic E-state index is 0.115. The molecule has 1 aliphatic rings. The van der Waals surface area contributed by atoms with Gasteiger partial charge in [0.25, 0.3) is 11.3 Å². The summed E-state index contributed by atoms with van der Waals surface area (Å²) in [6.45, 7) is -0.553. The molecule has 0 amide bonds. The molecule has 0 aromatic rings. The first-order valence-electron chi connectivity index (χ1n) is 6.88. The van der Waals surface area contributed by atoms with Gasteiger partial charge in [0.05, 0.1) is 0 Å². The molecular weight excluding hydrogens is 422 g/mol. The molecule has 2 atom stereocenters. The first-order chi connectivity index (χ1) is 12.4. The van der Waals surface area contributed by atoms with Gasteiger partial charge in [0.2, 0.25) is 0 Å². The fourth-order valence-electron chi connectivity index (χ4n) is 2.22. The lowest BCUT2D eigenvalue weighted by molar-refractivity contribution is -0.466. The third-order valence-corrected chi connectivity index (χ3v) is 3.94. The number of esters is 2. The van der Waals surface area contributed by atoms with E-state index in [0.29, 0.717) is 0 Å². The summed E-state index contributed by atoms with van der Waals surface area (Å²) in [5, 5.41) is 0. The van der Waals surface area contributed by atoms with Crippen LogP contribution in [-0.4, -0.2) is 60.2 Å². The molecule has 0 N–H and O–H groups in total. The molecule has 4 nitrogen and oxygen atoms in total. The van der Waals surface area contributed by atoms with Crippen LogP contribution in [0.15, 0.2) is 25.3 Å². The fraction of sp³-hybridized carbons (Fsp3) is 0.571. The zero-order chi connectivity index (χ0) is 22.4. The predicted octanol–water partition coefficient (Wildman–Crippen LogP) is 3.42. The summed E-state index contributed by atoms with van der Waals surface area (Å²) >= 11 is 0. The Balaban J connectivity index is 3.69. The van der Waals surface area contributed by atoms with Gasteiger partial charge in [-0.05, 0) is 0 Å². The first-order valence-corrected chi connectivity index (χ1v) is 6.88.